The fourth-order valence-electron chi connectivity index (χ4n) is 3.63. The Morgan fingerprint density at radius 3 is 2.20 bits per heavy atom. The van der Waals surface area contributed by atoms with Gasteiger partial charge < -0.3 is 15.4 Å². The van der Waals surface area contributed by atoms with Crippen LogP contribution in [0.5, 0.6) is 11.5 Å². The zero-order chi connectivity index (χ0) is 24.6. The van der Waals surface area contributed by atoms with Gasteiger partial charge in [0.1, 0.15) is 11.5 Å². The first-order valence-corrected chi connectivity index (χ1v) is 11.4. The van der Waals surface area contributed by atoms with Crippen LogP contribution in [0.15, 0.2) is 78.9 Å². The normalized spacial score (nSPS) is 12.8. The molecule has 0 aromatic heterocycles. The van der Waals surface area contributed by atoms with Crippen molar-refractivity contribution in [2.45, 2.75) is 19.3 Å². The summed E-state index contributed by atoms with van der Waals surface area (Å²) in [5, 5.41) is 16.6. The molecule has 0 heterocycles. The summed E-state index contributed by atoms with van der Waals surface area (Å²) in [5.41, 5.74) is 0.975. The van der Waals surface area contributed by atoms with E-state index in [4.69, 9.17) is 4.74 Å². The fourth-order valence-corrected chi connectivity index (χ4v) is 3.63. The van der Waals surface area contributed by atoms with E-state index in [0.717, 1.165) is 19.3 Å². The van der Waals surface area contributed by atoms with E-state index in [1.165, 1.54) is 29.2 Å². The van der Waals surface area contributed by atoms with Crippen molar-refractivity contribution in [3.8, 4) is 11.5 Å². The van der Waals surface area contributed by atoms with Crippen molar-refractivity contribution in [3.63, 3.8) is 0 Å². The molecule has 0 spiro atoms. The van der Waals surface area contributed by atoms with Gasteiger partial charge in [-0.2, -0.15) is 0 Å². The topological polar surface area (TPSA) is 114 Å². The summed E-state index contributed by atoms with van der Waals surface area (Å²) in [6.07, 6.45) is 2.87. The number of benzene rings is 3. The summed E-state index contributed by atoms with van der Waals surface area (Å²) in [6, 6.07) is 21.6. The number of hydrogen-bond donors (Lipinski definition) is 2. The maximum Gasteiger partial charge on any atom is 0.326 e. The highest BCUT2D eigenvalue weighted by Gasteiger charge is 2.25. The average Bonchev–Trinajstić information content (AvgIpc) is 2.82. The molecule has 0 saturated heterocycles. The highest BCUT2D eigenvalue weighted by Crippen LogP contribution is 2.27. The van der Waals surface area contributed by atoms with Gasteiger partial charge in [-0.25, -0.2) is 4.79 Å². The number of hydrogen-bond acceptors (Lipinski definition) is 5. The Bertz CT molecular complexity index is 1160. The third-order valence-corrected chi connectivity index (χ3v) is 5.81. The van der Waals surface area contributed by atoms with Crippen molar-refractivity contribution in [2.24, 2.45) is 5.92 Å². The minimum absolute atomic E-state index is 0.0126. The van der Waals surface area contributed by atoms with Gasteiger partial charge >= 0.3 is 6.03 Å². The van der Waals surface area contributed by atoms with Crippen LogP contribution < -0.4 is 20.3 Å². The zero-order valence-corrected chi connectivity index (χ0v) is 19.1. The van der Waals surface area contributed by atoms with Crippen molar-refractivity contribution >= 4 is 29.0 Å². The lowest BCUT2D eigenvalue weighted by Gasteiger charge is -2.26. The van der Waals surface area contributed by atoms with Crippen LogP contribution in [-0.4, -0.2) is 30.0 Å². The maximum absolute atomic E-state index is 13.1. The molecule has 0 bridgehead atoms. The van der Waals surface area contributed by atoms with Crippen LogP contribution >= 0.6 is 0 Å². The molecule has 3 aromatic rings. The minimum atomic E-state index is -0.498. The van der Waals surface area contributed by atoms with Gasteiger partial charge in [0.05, 0.1) is 4.92 Å². The van der Waals surface area contributed by atoms with Crippen molar-refractivity contribution < 1.29 is 19.2 Å². The van der Waals surface area contributed by atoms with Crippen LogP contribution in [0.2, 0.25) is 0 Å². The number of anilines is 2. The Morgan fingerprint density at radius 1 is 0.943 bits per heavy atom. The van der Waals surface area contributed by atoms with Gasteiger partial charge in [0.2, 0.25) is 5.91 Å². The largest absolute Gasteiger partial charge is 0.457 e. The number of urea groups is 1. The highest BCUT2D eigenvalue weighted by atomic mass is 16.6. The Hall–Kier alpha value is -4.40. The summed E-state index contributed by atoms with van der Waals surface area (Å²) in [4.78, 5) is 37.2. The number of carbonyl (C=O) groups excluding carboxylic acids is 2. The maximum atomic E-state index is 13.1. The number of amides is 3. The molecule has 0 radical (unpaired) electrons. The lowest BCUT2D eigenvalue weighted by Crippen LogP contribution is -2.43. The van der Waals surface area contributed by atoms with Gasteiger partial charge in [0.25, 0.3) is 5.69 Å². The van der Waals surface area contributed by atoms with E-state index in [-0.39, 0.29) is 24.1 Å². The molecule has 2 N–H and O–H groups in total. The smallest absolute Gasteiger partial charge is 0.326 e. The van der Waals surface area contributed by atoms with Crippen molar-refractivity contribution in [3.05, 3.63) is 89.0 Å². The van der Waals surface area contributed by atoms with E-state index in [1.807, 2.05) is 30.3 Å². The Morgan fingerprint density at radius 2 is 1.60 bits per heavy atom. The monoisotopic (exact) mass is 474 g/mol. The number of ether oxygens (including phenoxy) is 1. The van der Waals surface area contributed by atoms with E-state index < -0.39 is 11.0 Å². The number of rotatable bonds is 9. The van der Waals surface area contributed by atoms with Gasteiger partial charge in [-0.15, -0.1) is 0 Å². The van der Waals surface area contributed by atoms with Crippen molar-refractivity contribution in [2.75, 3.05) is 23.3 Å². The van der Waals surface area contributed by atoms with E-state index in [9.17, 15) is 19.7 Å². The summed E-state index contributed by atoms with van der Waals surface area (Å²) in [5.74, 6) is 1.39. The molecule has 4 rings (SSSR count). The van der Waals surface area contributed by atoms with Gasteiger partial charge in [0, 0.05) is 42.5 Å². The second-order valence-electron chi connectivity index (χ2n) is 8.21. The lowest BCUT2D eigenvalue weighted by molar-refractivity contribution is -0.384. The molecule has 9 nitrogen and oxygen atoms in total. The van der Waals surface area contributed by atoms with Crippen LogP contribution in [-0.2, 0) is 4.79 Å². The summed E-state index contributed by atoms with van der Waals surface area (Å²) in [6.45, 7) is 0.543. The predicted molar refractivity (Wildman–Crippen MR) is 133 cm³/mol. The van der Waals surface area contributed by atoms with Gasteiger partial charge in [-0.3, -0.25) is 19.8 Å². The number of para-hydroxylation sites is 1. The third-order valence-electron chi connectivity index (χ3n) is 5.81. The molecule has 1 aliphatic rings. The third kappa shape index (κ3) is 6.35. The molecule has 3 amide bonds. The van der Waals surface area contributed by atoms with Crippen molar-refractivity contribution in [1.29, 1.82) is 0 Å². The number of nitro benzene ring substituents is 1. The molecule has 180 valence electrons. The fraction of sp³-hybridized carbons (Fsp3) is 0.231. The summed E-state index contributed by atoms with van der Waals surface area (Å²) in [7, 11) is 0. The summed E-state index contributed by atoms with van der Waals surface area (Å²) < 4.78 is 5.83. The van der Waals surface area contributed by atoms with Crippen LogP contribution in [0.3, 0.4) is 0 Å². The average molecular weight is 475 g/mol. The molecule has 0 atom stereocenters. The SMILES string of the molecule is O=C(NCCN(C(=O)Nc1ccc([N+](=O)[O-])cc1)c1ccc(Oc2ccccc2)cc1)C1CCC1. The molecule has 3 aromatic carbocycles. The zero-order valence-electron chi connectivity index (χ0n) is 19.1. The number of non-ortho nitro benzene ring substituents is 1. The molecule has 1 fully saturated rings. The van der Waals surface area contributed by atoms with E-state index >= 15 is 0 Å². The first-order chi connectivity index (χ1) is 17.0. The van der Waals surface area contributed by atoms with Crippen LogP contribution in [0.1, 0.15) is 19.3 Å². The molecular weight excluding hydrogens is 448 g/mol. The molecule has 1 saturated carbocycles. The van der Waals surface area contributed by atoms with Gasteiger partial charge in [-0.05, 0) is 61.4 Å². The number of carbonyl (C=O) groups is 2. The number of nitro groups is 1. The Labute approximate surface area is 202 Å². The molecule has 0 unspecified atom stereocenters. The second-order valence-corrected chi connectivity index (χ2v) is 8.21. The van der Waals surface area contributed by atoms with Gasteiger partial charge in [-0.1, -0.05) is 24.6 Å². The van der Waals surface area contributed by atoms with E-state index in [1.54, 1.807) is 24.3 Å². The second kappa shape index (κ2) is 11.1. The first-order valence-electron chi connectivity index (χ1n) is 11.4. The lowest BCUT2D eigenvalue weighted by atomic mass is 9.85. The standard InChI is InChI=1S/C26H26N4O5/c31-25(19-5-4-6-19)27-17-18-29(26(32)28-20-9-11-22(12-10-20)30(33)34)21-13-15-24(16-14-21)35-23-7-2-1-3-8-23/h1-3,7-16,19H,4-6,17-18H2,(H,27,31)(H,28,32). The number of nitrogens with one attached hydrogen (secondary N) is 2. The number of nitrogens with zero attached hydrogens (tertiary/aromatic N) is 2. The van der Waals surface area contributed by atoms with Crippen LogP contribution in [0, 0.1) is 16.0 Å². The van der Waals surface area contributed by atoms with E-state index in [2.05, 4.69) is 10.6 Å². The van der Waals surface area contributed by atoms with Gasteiger partial charge in [0.15, 0.2) is 0 Å². The minimum Gasteiger partial charge on any atom is -0.457 e. The quantitative estimate of drug-likeness (QED) is 0.321. The first kappa shape index (κ1) is 23.7. The summed E-state index contributed by atoms with van der Waals surface area (Å²) >= 11 is 0. The Kier molecular flexibility index (Phi) is 7.57. The molecular formula is C26H26N4O5. The van der Waals surface area contributed by atoms with Crippen LogP contribution in [0.4, 0.5) is 21.9 Å². The molecule has 9 heteroatoms. The Balaban J connectivity index is 1.45. The van der Waals surface area contributed by atoms with E-state index in [0.29, 0.717) is 29.4 Å². The molecule has 0 aliphatic heterocycles. The predicted octanol–water partition coefficient (Wildman–Crippen LogP) is 5.34. The van der Waals surface area contributed by atoms with Crippen molar-refractivity contribution in [1.82, 2.24) is 5.32 Å². The molecule has 35 heavy (non-hydrogen) atoms. The molecule has 1 aliphatic carbocycles. The van der Waals surface area contributed by atoms with Crippen LogP contribution in [0.25, 0.3) is 0 Å². The highest BCUT2D eigenvalue weighted by molar-refractivity contribution is 6.01.